The monoisotopic (exact) mass is 330 g/mol. The van der Waals surface area contributed by atoms with Gasteiger partial charge in [0, 0.05) is 25.8 Å². The van der Waals surface area contributed by atoms with Crippen LogP contribution in [0.3, 0.4) is 0 Å². The SMILES string of the molecule is C=CCc1cc(/C=C(\C#N)C(=O)NCCCOC)cc(OC)c1O. The summed E-state index contributed by atoms with van der Waals surface area (Å²) in [5.41, 5.74) is 1.17. The fourth-order valence-corrected chi connectivity index (χ4v) is 2.07. The Morgan fingerprint density at radius 3 is 2.79 bits per heavy atom. The molecule has 0 saturated heterocycles. The van der Waals surface area contributed by atoms with E-state index in [1.54, 1.807) is 25.3 Å². The number of hydrogen-bond donors (Lipinski definition) is 2. The van der Waals surface area contributed by atoms with Gasteiger partial charge < -0.3 is 19.9 Å². The molecule has 24 heavy (non-hydrogen) atoms. The number of carbonyl (C=O) groups is 1. The lowest BCUT2D eigenvalue weighted by Gasteiger charge is -2.10. The van der Waals surface area contributed by atoms with Crippen molar-refractivity contribution in [1.82, 2.24) is 5.32 Å². The number of phenolic OH excluding ortho intramolecular Hbond substituents is 1. The van der Waals surface area contributed by atoms with Crippen molar-refractivity contribution < 1.29 is 19.4 Å². The molecule has 1 aromatic carbocycles. The van der Waals surface area contributed by atoms with Crippen LogP contribution >= 0.6 is 0 Å². The number of phenols is 1. The average Bonchev–Trinajstić information content (AvgIpc) is 2.59. The fraction of sp³-hybridized carbons (Fsp3) is 0.333. The summed E-state index contributed by atoms with van der Waals surface area (Å²) in [4.78, 5) is 12.0. The van der Waals surface area contributed by atoms with Gasteiger partial charge in [0.05, 0.1) is 7.11 Å². The molecule has 128 valence electrons. The van der Waals surface area contributed by atoms with E-state index < -0.39 is 5.91 Å². The Hall–Kier alpha value is -2.78. The zero-order valence-electron chi connectivity index (χ0n) is 14.0. The Morgan fingerprint density at radius 1 is 1.46 bits per heavy atom. The van der Waals surface area contributed by atoms with Crippen LogP contribution in [-0.2, 0) is 16.0 Å². The van der Waals surface area contributed by atoms with Crippen molar-refractivity contribution in [3.63, 3.8) is 0 Å². The van der Waals surface area contributed by atoms with Crippen LogP contribution in [0.5, 0.6) is 11.5 Å². The van der Waals surface area contributed by atoms with Crippen LogP contribution in [-0.4, -0.2) is 38.4 Å². The van der Waals surface area contributed by atoms with Crippen LogP contribution < -0.4 is 10.1 Å². The number of hydrogen-bond acceptors (Lipinski definition) is 5. The lowest BCUT2D eigenvalue weighted by molar-refractivity contribution is -0.117. The second-order valence-corrected chi connectivity index (χ2v) is 5.00. The largest absolute Gasteiger partial charge is 0.504 e. The van der Waals surface area contributed by atoms with Crippen molar-refractivity contribution in [3.05, 3.63) is 41.5 Å². The molecule has 0 unspecified atom stereocenters. The van der Waals surface area contributed by atoms with Gasteiger partial charge in [-0.25, -0.2) is 0 Å². The predicted octanol–water partition coefficient (Wildman–Crippen LogP) is 2.19. The van der Waals surface area contributed by atoms with Gasteiger partial charge in [-0.3, -0.25) is 4.79 Å². The van der Waals surface area contributed by atoms with Crippen molar-refractivity contribution in [3.8, 4) is 17.6 Å². The van der Waals surface area contributed by atoms with Crippen LogP contribution in [0.4, 0.5) is 0 Å². The average molecular weight is 330 g/mol. The molecule has 0 saturated carbocycles. The zero-order valence-corrected chi connectivity index (χ0v) is 14.0. The van der Waals surface area contributed by atoms with Gasteiger partial charge in [0.15, 0.2) is 11.5 Å². The molecule has 6 nitrogen and oxygen atoms in total. The number of rotatable bonds is 9. The highest BCUT2D eigenvalue weighted by atomic mass is 16.5. The number of carbonyl (C=O) groups excluding carboxylic acids is 1. The highest BCUT2D eigenvalue weighted by Crippen LogP contribution is 2.32. The van der Waals surface area contributed by atoms with Gasteiger partial charge in [-0.05, 0) is 36.6 Å². The van der Waals surface area contributed by atoms with Gasteiger partial charge in [0.25, 0.3) is 5.91 Å². The van der Waals surface area contributed by atoms with Crippen LogP contribution in [0.25, 0.3) is 6.08 Å². The molecule has 0 radical (unpaired) electrons. The molecule has 0 aliphatic carbocycles. The standard InChI is InChI=1S/C18H22N2O4/c1-4-6-14-9-13(11-16(24-3)17(14)21)10-15(12-19)18(22)20-7-5-8-23-2/h4,9-11,21H,1,5-8H2,2-3H3,(H,20,22)/b15-10+. The number of methoxy groups -OCH3 is 2. The molecule has 6 heteroatoms. The van der Waals surface area contributed by atoms with E-state index in [-0.39, 0.29) is 17.1 Å². The summed E-state index contributed by atoms with van der Waals surface area (Å²) in [6.45, 7) is 4.60. The summed E-state index contributed by atoms with van der Waals surface area (Å²) in [5, 5.41) is 21.9. The minimum Gasteiger partial charge on any atom is -0.504 e. The van der Waals surface area contributed by atoms with Crippen LogP contribution in [0.2, 0.25) is 0 Å². The Balaban J connectivity index is 3.03. The molecule has 0 aromatic heterocycles. The molecule has 0 aliphatic rings. The topological polar surface area (TPSA) is 91.6 Å². The molecular formula is C18H22N2O4. The number of allylic oxidation sites excluding steroid dienone is 1. The number of nitrogens with zero attached hydrogens (tertiary/aromatic N) is 1. The quantitative estimate of drug-likeness (QED) is 0.313. The summed E-state index contributed by atoms with van der Waals surface area (Å²) >= 11 is 0. The number of ether oxygens (including phenoxy) is 2. The van der Waals surface area contributed by atoms with E-state index in [0.29, 0.717) is 37.1 Å². The van der Waals surface area contributed by atoms with E-state index in [1.165, 1.54) is 13.2 Å². The maximum Gasteiger partial charge on any atom is 0.261 e. The second kappa shape index (κ2) is 10.1. The molecule has 0 heterocycles. The van der Waals surface area contributed by atoms with Gasteiger partial charge in [-0.2, -0.15) is 5.26 Å². The van der Waals surface area contributed by atoms with Crippen LogP contribution in [0, 0.1) is 11.3 Å². The molecule has 1 amide bonds. The van der Waals surface area contributed by atoms with Crippen molar-refractivity contribution >= 4 is 12.0 Å². The van der Waals surface area contributed by atoms with E-state index in [9.17, 15) is 15.2 Å². The minimum atomic E-state index is -0.453. The molecule has 0 aliphatic heterocycles. The first-order valence-electron chi connectivity index (χ1n) is 7.47. The first-order chi connectivity index (χ1) is 11.6. The molecule has 0 bridgehead atoms. The van der Waals surface area contributed by atoms with Gasteiger partial charge in [0.1, 0.15) is 11.6 Å². The summed E-state index contributed by atoms with van der Waals surface area (Å²) in [5.74, 6) is -0.151. The first-order valence-corrected chi connectivity index (χ1v) is 7.47. The summed E-state index contributed by atoms with van der Waals surface area (Å²) in [7, 11) is 3.02. The minimum absolute atomic E-state index is 0.0234. The van der Waals surface area contributed by atoms with Gasteiger partial charge in [-0.15, -0.1) is 6.58 Å². The lowest BCUT2D eigenvalue weighted by atomic mass is 10.0. The van der Waals surface area contributed by atoms with Crippen LogP contribution in [0.1, 0.15) is 17.5 Å². The number of benzene rings is 1. The Bertz CT molecular complexity index is 660. The van der Waals surface area contributed by atoms with Gasteiger partial charge in [0.2, 0.25) is 0 Å². The van der Waals surface area contributed by atoms with Crippen molar-refractivity contribution in [2.75, 3.05) is 27.4 Å². The third kappa shape index (κ3) is 5.45. The van der Waals surface area contributed by atoms with E-state index in [0.717, 1.165) is 0 Å². The number of aromatic hydroxyl groups is 1. The van der Waals surface area contributed by atoms with E-state index >= 15 is 0 Å². The van der Waals surface area contributed by atoms with E-state index in [1.807, 2.05) is 6.07 Å². The highest BCUT2D eigenvalue weighted by molar-refractivity contribution is 6.01. The molecule has 0 spiro atoms. The molecule has 0 fully saturated rings. The van der Waals surface area contributed by atoms with Crippen LogP contribution in [0.15, 0.2) is 30.4 Å². The van der Waals surface area contributed by atoms with Gasteiger partial charge >= 0.3 is 0 Å². The van der Waals surface area contributed by atoms with Crippen molar-refractivity contribution in [2.45, 2.75) is 12.8 Å². The third-order valence-electron chi connectivity index (χ3n) is 3.25. The summed E-state index contributed by atoms with van der Waals surface area (Å²) in [6.07, 6.45) is 4.21. The Kier molecular flexibility index (Phi) is 8.09. The third-order valence-corrected chi connectivity index (χ3v) is 3.25. The van der Waals surface area contributed by atoms with Crippen molar-refractivity contribution in [1.29, 1.82) is 5.26 Å². The highest BCUT2D eigenvalue weighted by Gasteiger charge is 2.12. The number of nitriles is 1. The number of amides is 1. The van der Waals surface area contributed by atoms with E-state index in [2.05, 4.69) is 11.9 Å². The molecule has 0 atom stereocenters. The molecule has 2 N–H and O–H groups in total. The maximum absolute atomic E-state index is 12.0. The Morgan fingerprint density at radius 2 is 2.21 bits per heavy atom. The van der Waals surface area contributed by atoms with Crippen molar-refractivity contribution in [2.24, 2.45) is 0 Å². The molecule has 1 aromatic rings. The predicted molar refractivity (Wildman–Crippen MR) is 91.7 cm³/mol. The van der Waals surface area contributed by atoms with E-state index in [4.69, 9.17) is 9.47 Å². The normalized spacial score (nSPS) is 10.8. The Labute approximate surface area is 142 Å². The lowest BCUT2D eigenvalue weighted by Crippen LogP contribution is -2.26. The maximum atomic E-state index is 12.0. The second-order valence-electron chi connectivity index (χ2n) is 5.00. The summed E-state index contributed by atoms with van der Waals surface area (Å²) < 4.78 is 10.0. The zero-order chi connectivity index (χ0) is 17.9. The smallest absolute Gasteiger partial charge is 0.261 e. The molecule has 1 rings (SSSR count). The first kappa shape index (κ1) is 19.3. The fourth-order valence-electron chi connectivity index (χ4n) is 2.07. The van der Waals surface area contributed by atoms with Gasteiger partial charge in [-0.1, -0.05) is 6.08 Å². The number of nitrogens with one attached hydrogen (secondary N) is 1. The summed E-state index contributed by atoms with van der Waals surface area (Å²) in [6, 6.07) is 5.15. The molecular weight excluding hydrogens is 308 g/mol.